The van der Waals surface area contributed by atoms with E-state index in [1.807, 2.05) is 29.0 Å². The third-order valence-corrected chi connectivity index (χ3v) is 8.34. The highest BCUT2D eigenvalue weighted by Gasteiger charge is 2.29. The average Bonchev–Trinajstić information content (AvgIpc) is 3.58. The molecule has 2 fully saturated rings. The number of aryl methyl sites for hydroxylation is 1. The van der Waals surface area contributed by atoms with Gasteiger partial charge >= 0.3 is 0 Å². The normalized spacial score (nSPS) is 17.8. The molecule has 0 radical (unpaired) electrons. The first kappa shape index (κ1) is 32.6. The van der Waals surface area contributed by atoms with Crippen LogP contribution in [-0.2, 0) is 16.1 Å². The number of amides is 2. The summed E-state index contributed by atoms with van der Waals surface area (Å²) in [5, 5.41) is 6.89. The molecule has 2 aromatic rings. The van der Waals surface area contributed by atoms with E-state index in [-0.39, 0.29) is 24.2 Å². The highest BCUT2D eigenvalue weighted by Crippen LogP contribution is 2.31. The van der Waals surface area contributed by atoms with Crippen molar-refractivity contribution in [2.45, 2.75) is 85.1 Å². The molecule has 2 amide bonds. The van der Waals surface area contributed by atoms with E-state index in [0.717, 1.165) is 80.8 Å². The molecule has 1 N–H and O–H groups in total. The van der Waals surface area contributed by atoms with Crippen LogP contribution in [0.5, 0.6) is 0 Å². The Morgan fingerprint density at radius 3 is 2.29 bits per heavy atom. The van der Waals surface area contributed by atoms with Crippen LogP contribution in [0.25, 0.3) is 11.0 Å². The number of carboxylic acid groups (broad SMARTS) is 1. The highest BCUT2D eigenvalue weighted by atomic mass is 16.3. The molecule has 1 unspecified atom stereocenters. The van der Waals surface area contributed by atoms with Crippen LogP contribution in [0.3, 0.4) is 0 Å². The first-order valence-electron chi connectivity index (χ1n) is 15.5. The first-order chi connectivity index (χ1) is 19.6. The van der Waals surface area contributed by atoms with Gasteiger partial charge in [0.05, 0.1) is 11.0 Å². The lowest BCUT2D eigenvalue weighted by Gasteiger charge is -2.29. The summed E-state index contributed by atoms with van der Waals surface area (Å²) in [7, 11) is 1.89. The Labute approximate surface area is 245 Å². The van der Waals surface area contributed by atoms with Crippen molar-refractivity contribution in [1.29, 1.82) is 0 Å². The molecule has 0 spiro atoms. The maximum Gasteiger partial charge on any atom is 0.290 e. The molecule has 0 saturated carbocycles. The quantitative estimate of drug-likeness (QED) is 0.358. The van der Waals surface area contributed by atoms with Gasteiger partial charge in [-0.25, -0.2) is 4.98 Å². The highest BCUT2D eigenvalue weighted by molar-refractivity contribution is 5.97. The molecule has 0 aliphatic carbocycles. The summed E-state index contributed by atoms with van der Waals surface area (Å²) in [6, 6.07) is 6.04. The van der Waals surface area contributed by atoms with E-state index in [4.69, 9.17) is 14.9 Å². The molecule has 9 nitrogen and oxygen atoms in total. The molecule has 2 aliphatic rings. The standard InChI is InChI=1S/C31H49N5O2.CH2O2/c1-23(2)11-19-35(20-12-24(3)4)31(38)26-9-10-27-28(21-26)36(17-8-16-34-14-6-7-15-34)30(32-27)25-13-18-33(5)29(37)22-25;2-1-3/h9-10,21,23-25H,6-8,11-20,22H2,1-5H3;1H,(H,2,3). The second-order valence-electron chi connectivity index (χ2n) is 12.5. The van der Waals surface area contributed by atoms with Gasteiger partial charge in [-0.2, -0.15) is 0 Å². The van der Waals surface area contributed by atoms with Gasteiger partial charge < -0.3 is 24.4 Å². The molecule has 1 aromatic carbocycles. The number of likely N-dealkylation sites (tertiary alicyclic amines) is 2. The fourth-order valence-electron chi connectivity index (χ4n) is 5.77. The molecular weight excluding hydrogens is 518 g/mol. The second-order valence-corrected chi connectivity index (χ2v) is 12.5. The molecule has 2 aliphatic heterocycles. The van der Waals surface area contributed by atoms with Crippen LogP contribution in [0.4, 0.5) is 0 Å². The zero-order valence-corrected chi connectivity index (χ0v) is 25.8. The minimum Gasteiger partial charge on any atom is -0.483 e. The van der Waals surface area contributed by atoms with Gasteiger partial charge in [0, 0.05) is 51.1 Å². The van der Waals surface area contributed by atoms with Crippen molar-refractivity contribution in [2.24, 2.45) is 11.8 Å². The second kappa shape index (κ2) is 15.9. The molecule has 4 rings (SSSR count). The molecule has 228 valence electrons. The predicted molar refractivity (Wildman–Crippen MR) is 163 cm³/mol. The lowest BCUT2D eigenvalue weighted by atomic mass is 9.95. The Kier molecular flexibility index (Phi) is 12.6. The molecule has 1 aromatic heterocycles. The van der Waals surface area contributed by atoms with Crippen molar-refractivity contribution >= 4 is 29.3 Å². The van der Waals surface area contributed by atoms with Crippen LogP contribution in [0.1, 0.15) is 94.7 Å². The van der Waals surface area contributed by atoms with Gasteiger partial charge in [0.1, 0.15) is 5.82 Å². The van der Waals surface area contributed by atoms with Crippen LogP contribution in [0, 0.1) is 11.8 Å². The molecule has 0 bridgehead atoms. The maximum absolute atomic E-state index is 13.7. The number of hydrogen-bond donors (Lipinski definition) is 1. The summed E-state index contributed by atoms with van der Waals surface area (Å²) in [5.41, 5.74) is 2.71. The summed E-state index contributed by atoms with van der Waals surface area (Å²) in [5.74, 6) is 2.58. The van der Waals surface area contributed by atoms with Gasteiger partial charge in [0.15, 0.2) is 0 Å². The van der Waals surface area contributed by atoms with E-state index >= 15 is 0 Å². The Morgan fingerprint density at radius 2 is 1.71 bits per heavy atom. The summed E-state index contributed by atoms with van der Waals surface area (Å²) < 4.78 is 2.33. The fourth-order valence-corrected chi connectivity index (χ4v) is 5.77. The fraction of sp³-hybridized carbons (Fsp3) is 0.688. The molecule has 41 heavy (non-hydrogen) atoms. The molecular formula is C32H51N5O4. The van der Waals surface area contributed by atoms with Gasteiger partial charge in [0.25, 0.3) is 12.4 Å². The summed E-state index contributed by atoms with van der Waals surface area (Å²) >= 11 is 0. The van der Waals surface area contributed by atoms with Crippen molar-refractivity contribution in [3.05, 3.63) is 29.6 Å². The van der Waals surface area contributed by atoms with Gasteiger partial charge in [-0.15, -0.1) is 0 Å². The van der Waals surface area contributed by atoms with E-state index in [0.29, 0.717) is 18.3 Å². The van der Waals surface area contributed by atoms with E-state index in [1.54, 1.807) is 0 Å². The number of rotatable bonds is 12. The first-order valence-corrected chi connectivity index (χ1v) is 15.5. The van der Waals surface area contributed by atoms with Crippen molar-refractivity contribution < 1.29 is 19.5 Å². The Hall–Kier alpha value is -2.94. The SMILES string of the molecule is CC(C)CCN(CCC(C)C)C(=O)c1ccc2nc(C3CCN(C)C(=O)C3)n(CCCN3CCCC3)c2c1.O=CO. The zero-order chi connectivity index (χ0) is 29.9. The maximum atomic E-state index is 13.7. The number of carbonyl (C=O) groups is 3. The van der Waals surface area contributed by atoms with Crippen LogP contribution in [-0.4, -0.2) is 94.0 Å². The van der Waals surface area contributed by atoms with Crippen LogP contribution < -0.4 is 0 Å². The summed E-state index contributed by atoms with van der Waals surface area (Å²) in [6.07, 6.45) is 7.10. The minimum absolute atomic E-state index is 0.119. The van der Waals surface area contributed by atoms with Crippen molar-refractivity contribution in [2.75, 3.05) is 46.3 Å². The smallest absolute Gasteiger partial charge is 0.290 e. The van der Waals surface area contributed by atoms with Crippen LogP contribution in [0.2, 0.25) is 0 Å². The van der Waals surface area contributed by atoms with Crippen molar-refractivity contribution in [1.82, 2.24) is 24.3 Å². The summed E-state index contributed by atoms with van der Waals surface area (Å²) in [4.78, 5) is 46.2. The number of benzene rings is 1. The summed E-state index contributed by atoms with van der Waals surface area (Å²) in [6.45, 7) is 15.3. The Morgan fingerprint density at radius 1 is 1.07 bits per heavy atom. The van der Waals surface area contributed by atoms with Crippen LogP contribution in [0.15, 0.2) is 18.2 Å². The van der Waals surface area contributed by atoms with Gasteiger partial charge in [-0.05, 0) is 88.2 Å². The number of imidazole rings is 1. The monoisotopic (exact) mass is 569 g/mol. The van der Waals surface area contributed by atoms with Crippen molar-refractivity contribution in [3.63, 3.8) is 0 Å². The third-order valence-electron chi connectivity index (χ3n) is 8.34. The van der Waals surface area contributed by atoms with Crippen LogP contribution >= 0.6 is 0 Å². The van der Waals surface area contributed by atoms with E-state index in [9.17, 15) is 9.59 Å². The van der Waals surface area contributed by atoms with Crippen molar-refractivity contribution in [3.8, 4) is 0 Å². The molecule has 2 saturated heterocycles. The predicted octanol–water partition coefficient (Wildman–Crippen LogP) is 5.09. The number of piperidine rings is 1. The van der Waals surface area contributed by atoms with E-state index < -0.39 is 0 Å². The number of aromatic nitrogens is 2. The Balaban J connectivity index is 0.00000147. The third kappa shape index (κ3) is 9.28. The lowest BCUT2D eigenvalue weighted by Crippen LogP contribution is -2.35. The molecule has 1 atom stereocenters. The number of carbonyl (C=O) groups excluding carboxylic acids is 2. The number of nitrogens with zero attached hydrogens (tertiary/aromatic N) is 5. The minimum atomic E-state index is -0.250. The van der Waals surface area contributed by atoms with Gasteiger partial charge in [-0.3, -0.25) is 14.4 Å². The lowest BCUT2D eigenvalue weighted by molar-refractivity contribution is -0.132. The van der Waals surface area contributed by atoms with Gasteiger partial charge in [-0.1, -0.05) is 27.7 Å². The number of hydrogen-bond acceptors (Lipinski definition) is 5. The number of fused-ring (bicyclic) bond motifs is 1. The Bertz CT molecular complexity index is 1130. The zero-order valence-electron chi connectivity index (χ0n) is 25.8. The molecule has 9 heteroatoms. The molecule has 3 heterocycles. The van der Waals surface area contributed by atoms with E-state index in [1.165, 1.54) is 25.9 Å². The van der Waals surface area contributed by atoms with Gasteiger partial charge in [0.2, 0.25) is 5.91 Å². The largest absolute Gasteiger partial charge is 0.483 e. The topological polar surface area (TPSA) is 99.0 Å². The average molecular weight is 570 g/mol. The van der Waals surface area contributed by atoms with E-state index in [2.05, 4.69) is 43.2 Å².